The van der Waals surface area contributed by atoms with Crippen molar-refractivity contribution in [2.75, 3.05) is 0 Å². The molecular weight excluding hydrogens is 211 g/mol. The minimum atomic E-state index is -0.845. The molecule has 0 rings (SSSR count). The quantitative estimate of drug-likeness (QED) is 0.504. The predicted molar refractivity (Wildman–Crippen MR) is 35.6 cm³/mol. The van der Waals surface area contributed by atoms with Crippen molar-refractivity contribution in [3.8, 4) is 0 Å². The van der Waals surface area contributed by atoms with Crippen LogP contribution in [0.2, 0.25) is 0 Å². The van der Waals surface area contributed by atoms with E-state index in [1.54, 1.807) is 19.9 Å². The Kier molecular flexibility index (Phi) is 7.02. The molecule has 0 aromatic heterocycles. The second-order valence-corrected chi connectivity index (χ2v) is 1.28. The number of carboxylic acid groups (broad SMARTS) is 1. The van der Waals surface area contributed by atoms with Gasteiger partial charge < -0.3 is 5.11 Å². The van der Waals surface area contributed by atoms with Crippen LogP contribution in [0.15, 0.2) is 11.6 Å². The van der Waals surface area contributed by atoms with Gasteiger partial charge in [0.2, 0.25) is 0 Å². The number of allylic oxidation sites excluding steroid dienone is 1. The molecule has 0 aliphatic carbocycles. The van der Waals surface area contributed by atoms with Crippen molar-refractivity contribution in [1.29, 1.82) is 0 Å². The molecule has 0 amide bonds. The Balaban J connectivity index is 0. The SMILES string of the molecule is CC=C(C)C(=O)O.[SnH2]. The molecule has 3 heteroatoms. The molecule has 0 heterocycles. The van der Waals surface area contributed by atoms with Crippen LogP contribution in [-0.4, -0.2) is 35.0 Å². The Morgan fingerprint density at radius 3 is 2.00 bits per heavy atom. The van der Waals surface area contributed by atoms with Crippen LogP contribution < -0.4 is 0 Å². The van der Waals surface area contributed by atoms with Gasteiger partial charge in [0.15, 0.2) is 0 Å². The maximum atomic E-state index is 9.86. The van der Waals surface area contributed by atoms with Crippen LogP contribution in [0.3, 0.4) is 0 Å². The van der Waals surface area contributed by atoms with Gasteiger partial charge in [-0.15, -0.1) is 0 Å². The second kappa shape index (κ2) is 5.15. The molecule has 0 saturated carbocycles. The molecule has 0 aliphatic rings. The first kappa shape index (κ1) is 10.9. The fraction of sp³-hybridized carbons (Fsp3) is 0.400. The first-order valence-electron chi connectivity index (χ1n) is 2.04. The third kappa shape index (κ3) is 4.18. The van der Waals surface area contributed by atoms with Gasteiger partial charge in [0, 0.05) is 5.57 Å². The van der Waals surface area contributed by atoms with Gasteiger partial charge >= 0.3 is 29.9 Å². The summed E-state index contributed by atoms with van der Waals surface area (Å²) in [5.74, 6) is -0.845. The number of carbonyl (C=O) groups is 1. The Morgan fingerprint density at radius 2 is 2.00 bits per heavy atom. The molecule has 0 aromatic rings. The third-order valence-corrected chi connectivity index (χ3v) is 0.770. The van der Waals surface area contributed by atoms with Gasteiger partial charge in [-0.1, -0.05) is 6.08 Å². The van der Waals surface area contributed by atoms with Gasteiger partial charge in [-0.05, 0) is 13.8 Å². The summed E-state index contributed by atoms with van der Waals surface area (Å²) < 4.78 is 0. The molecule has 1 N–H and O–H groups in total. The summed E-state index contributed by atoms with van der Waals surface area (Å²) in [5, 5.41) is 8.11. The van der Waals surface area contributed by atoms with E-state index in [1.165, 1.54) is 0 Å². The van der Waals surface area contributed by atoms with Gasteiger partial charge in [-0.2, -0.15) is 0 Å². The summed E-state index contributed by atoms with van der Waals surface area (Å²) in [4.78, 5) is 9.86. The molecule has 0 saturated heterocycles. The Hall–Kier alpha value is 0.00870. The maximum absolute atomic E-state index is 9.86. The zero-order chi connectivity index (χ0) is 5.86. The molecule has 0 unspecified atom stereocenters. The van der Waals surface area contributed by atoms with Gasteiger partial charge in [-0.25, -0.2) is 4.79 Å². The number of hydrogen-bond acceptors (Lipinski definition) is 1. The molecule has 0 atom stereocenters. The van der Waals surface area contributed by atoms with Gasteiger partial charge in [0.25, 0.3) is 0 Å². The van der Waals surface area contributed by atoms with Gasteiger partial charge in [0.1, 0.15) is 0 Å². The van der Waals surface area contributed by atoms with E-state index in [-0.39, 0.29) is 23.9 Å². The molecule has 2 nitrogen and oxygen atoms in total. The Morgan fingerprint density at radius 1 is 1.62 bits per heavy atom. The van der Waals surface area contributed by atoms with Crippen molar-refractivity contribution in [1.82, 2.24) is 0 Å². The van der Waals surface area contributed by atoms with Crippen LogP contribution in [0, 0.1) is 0 Å². The molecule has 2 radical (unpaired) electrons. The molecule has 8 heavy (non-hydrogen) atoms. The zero-order valence-electron chi connectivity index (χ0n) is 5.14. The summed E-state index contributed by atoms with van der Waals surface area (Å²) >= 11 is 0. The van der Waals surface area contributed by atoms with Crippen molar-refractivity contribution in [2.24, 2.45) is 0 Å². The second-order valence-electron chi connectivity index (χ2n) is 1.28. The van der Waals surface area contributed by atoms with Crippen LogP contribution in [-0.2, 0) is 4.79 Å². The van der Waals surface area contributed by atoms with E-state index in [0.29, 0.717) is 5.57 Å². The van der Waals surface area contributed by atoms with Gasteiger partial charge in [0.05, 0.1) is 0 Å². The molecule has 46 valence electrons. The van der Waals surface area contributed by atoms with Crippen LogP contribution in [0.1, 0.15) is 13.8 Å². The summed E-state index contributed by atoms with van der Waals surface area (Å²) in [6, 6.07) is 0. The van der Waals surface area contributed by atoms with Crippen LogP contribution in [0.4, 0.5) is 0 Å². The summed E-state index contributed by atoms with van der Waals surface area (Å²) in [7, 11) is 0. The Labute approximate surface area is 65.5 Å². The standard InChI is InChI=1S/C5H8O2.Sn.2H/c1-3-4(2)5(6)7;;;/h3H,1-2H3,(H,6,7);;;. The van der Waals surface area contributed by atoms with Crippen molar-refractivity contribution < 1.29 is 9.90 Å². The van der Waals surface area contributed by atoms with Crippen molar-refractivity contribution in [3.63, 3.8) is 0 Å². The van der Waals surface area contributed by atoms with E-state index in [4.69, 9.17) is 5.11 Å². The van der Waals surface area contributed by atoms with Gasteiger partial charge in [-0.3, -0.25) is 0 Å². The molecule has 0 aliphatic heterocycles. The third-order valence-electron chi connectivity index (χ3n) is 0.770. The fourth-order valence-corrected chi connectivity index (χ4v) is 0.123. The summed E-state index contributed by atoms with van der Waals surface area (Å²) in [5.41, 5.74) is 0.389. The average Bonchev–Trinajstić information content (AvgIpc) is 1.65. The average molecular weight is 221 g/mol. The fourth-order valence-electron chi connectivity index (χ4n) is 0.123. The molecule has 0 fully saturated rings. The number of aliphatic carboxylic acids is 1. The monoisotopic (exact) mass is 222 g/mol. The van der Waals surface area contributed by atoms with E-state index < -0.39 is 5.97 Å². The summed E-state index contributed by atoms with van der Waals surface area (Å²) in [6.07, 6.45) is 1.56. The molecule has 0 bridgehead atoms. The van der Waals surface area contributed by atoms with Crippen molar-refractivity contribution in [3.05, 3.63) is 11.6 Å². The van der Waals surface area contributed by atoms with E-state index in [2.05, 4.69) is 0 Å². The van der Waals surface area contributed by atoms with Crippen molar-refractivity contribution >= 4 is 29.9 Å². The normalized spacial score (nSPS) is 10.0. The Bertz CT molecular complexity index is 107. The molecule has 0 spiro atoms. The molecular formula is C5H10O2Sn. The van der Waals surface area contributed by atoms with Crippen LogP contribution >= 0.6 is 0 Å². The van der Waals surface area contributed by atoms with Crippen LogP contribution in [0.5, 0.6) is 0 Å². The number of rotatable bonds is 1. The van der Waals surface area contributed by atoms with Crippen LogP contribution in [0.25, 0.3) is 0 Å². The zero-order valence-corrected chi connectivity index (χ0v) is 9.18. The minimum absolute atomic E-state index is 0. The number of carboxylic acids is 1. The summed E-state index contributed by atoms with van der Waals surface area (Å²) in [6.45, 7) is 3.26. The van der Waals surface area contributed by atoms with E-state index in [1.807, 2.05) is 0 Å². The van der Waals surface area contributed by atoms with E-state index in [9.17, 15) is 4.79 Å². The van der Waals surface area contributed by atoms with Crippen molar-refractivity contribution in [2.45, 2.75) is 13.8 Å². The van der Waals surface area contributed by atoms with E-state index >= 15 is 0 Å². The predicted octanol–water partition coefficient (Wildman–Crippen LogP) is 0.121. The van der Waals surface area contributed by atoms with E-state index in [0.717, 1.165) is 0 Å². The first-order valence-corrected chi connectivity index (χ1v) is 2.04. The number of hydrogen-bond donors (Lipinski definition) is 1. The first-order chi connectivity index (χ1) is 3.18. The molecule has 0 aromatic carbocycles. The topological polar surface area (TPSA) is 37.3 Å².